The number of carboxylic acids is 1. The van der Waals surface area contributed by atoms with Gasteiger partial charge in [-0.15, -0.1) is 0 Å². The van der Waals surface area contributed by atoms with E-state index >= 15 is 0 Å². The van der Waals surface area contributed by atoms with Crippen LogP contribution in [0.25, 0.3) is 22.2 Å². The van der Waals surface area contributed by atoms with Crippen LogP contribution in [0.1, 0.15) is 24.8 Å². The number of aromatic amines is 1. The van der Waals surface area contributed by atoms with Crippen molar-refractivity contribution in [2.24, 2.45) is 0 Å². The Morgan fingerprint density at radius 2 is 1.96 bits per heavy atom. The van der Waals surface area contributed by atoms with Crippen LogP contribution in [0, 0.1) is 0 Å². The van der Waals surface area contributed by atoms with E-state index in [1.165, 1.54) is 0 Å². The van der Waals surface area contributed by atoms with Crippen molar-refractivity contribution in [3.63, 3.8) is 0 Å². The number of nitrogens with one attached hydrogen (secondary N) is 1. The SMILES string of the molecule is CCC(C(=O)O)c1c(-c2ccc(Br)cc2)[nH]c2ccc(Cl)cc12. The van der Waals surface area contributed by atoms with E-state index in [2.05, 4.69) is 20.9 Å². The standard InChI is InChI=1S/C18H15BrClNO2/c1-2-13(18(22)23)16-14-9-12(20)7-8-15(14)21-17(16)10-3-5-11(19)6-4-10/h3-9,13,21H,2H2,1H3,(H,22,23). The van der Waals surface area contributed by atoms with Crippen molar-refractivity contribution in [2.45, 2.75) is 19.3 Å². The van der Waals surface area contributed by atoms with E-state index in [1.54, 1.807) is 6.07 Å². The Bertz CT molecular complexity index is 871. The summed E-state index contributed by atoms with van der Waals surface area (Å²) in [6.45, 7) is 1.88. The van der Waals surface area contributed by atoms with Gasteiger partial charge in [-0.3, -0.25) is 4.79 Å². The molecule has 23 heavy (non-hydrogen) atoms. The number of hydrogen-bond acceptors (Lipinski definition) is 1. The second kappa shape index (κ2) is 6.38. The van der Waals surface area contributed by atoms with Crippen LogP contribution in [-0.4, -0.2) is 16.1 Å². The maximum atomic E-state index is 11.7. The van der Waals surface area contributed by atoms with E-state index in [1.807, 2.05) is 43.3 Å². The van der Waals surface area contributed by atoms with E-state index < -0.39 is 11.9 Å². The minimum absolute atomic E-state index is 0.512. The van der Waals surface area contributed by atoms with Crippen molar-refractivity contribution in [1.29, 1.82) is 0 Å². The molecule has 118 valence electrons. The second-order valence-electron chi connectivity index (χ2n) is 5.41. The highest BCUT2D eigenvalue weighted by molar-refractivity contribution is 9.10. The number of H-pyrrole nitrogens is 1. The first kappa shape index (κ1) is 16.1. The molecule has 0 aliphatic carbocycles. The molecule has 0 spiro atoms. The van der Waals surface area contributed by atoms with Gasteiger partial charge in [-0.05, 0) is 47.9 Å². The Morgan fingerprint density at radius 1 is 1.26 bits per heavy atom. The number of benzene rings is 2. The molecular formula is C18H15BrClNO2. The maximum Gasteiger partial charge on any atom is 0.311 e. The summed E-state index contributed by atoms with van der Waals surface area (Å²) >= 11 is 9.55. The second-order valence-corrected chi connectivity index (χ2v) is 6.76. The number of aliphatic carboxylic acids is 1. The average Bonchev–Trinajstić information content (AvgIpc) is 2.87. The third kappa shape index (κ3) is 3.01. The molecule has 5 heteroatoms. The fourth-order valence-electron chi connectivity index (χ4n) is 2.89. The highest BCUT2D eigenvalue weighted by atomic mass is 79.9. The number of carboxylic acid groups (broad SMARTS) is 1. The van der Waals surface area contributed by atoms with Crippen molar-refractivity contribution in [3.8, 4) is 11.3 Å². The van der Waals surface area contributed by atoms with Gasteiger partial charge in [0, 0.05) is 20.4 Å². The van der Waals surface area contributed by atoms with Crippen LogP contribution < -0.4 is 0 Å². The Labute approximate surface area is 147 Å². The number of halogens is 2. The van der Waals surface area contributed by atoms with Crippen LogP contribution >= 0.6 is 27.5 Å². The van der Waals surface area contributed by atoms with Gasteiger partial charge in [0.25, 0.3) is 0 Å². The molecule has 3 rings (SSSR count). The lowest BCUT2D eigenvalue weighted by Gasteiger charge is -2.12. The van der Waals surface area contributed by atoms with Gasteiger partial charge in [0.05, 0.1) is 11.6 Å². The number of aromatic nitrogens is 1. The molecule has 0 bridgehead atoms. The molecule has 1 aromatic heterocycles. The summed E-state index contributed by atoms with van der Waals surface area (Å²) in [6.07, 6.45) is 0.512. The summed E-state index contributed by atoms with van der Waals surface area (Å²) in [5, 5.41) is 11.1. The van der Waals surface area contributed by atoms with Crippen molar-refractivity contribution in [3.05, 3.63) is 57.5 Å². The summed E-state index contributed by atoms with van der Waals surface area (Å²) in [4.78, 5) is 15.1. The van der Waals surface area contributed by atoms with Gasteiger partial charge >= 0.3 is 5.97 Å². The lowest BCUT2D eigenvalue weighted by atomic mass is 9.91. The third-order valence-electron chi connectivity index (χ3n) is 3.99. The molecule has 0 aliphatic rings. The maximum absolute atomic E-state index is 11.7. The predicted molar refractivity (Wildman–Crippen MR) is 97.1 cm³/mol. The van der Waals surface area contributed by atoms with Gasteiger partial charge in [-0.25, -0.2) is 0 Å². The van der Waals surface area contributed by atoms with Gasteiger partial charge in [-0.2, -0.15) is 0 Å². The topological polar surface area (TPSA) is 53.1 Å². The van der Waals surface area contributed by atoms with E-state index in [-0.39, 0.29) is 0 Å². The molecule has 2 aromatic carbocycles. The van der Waals surface area contributed by atoms with Crippen LogP contribution in [0.4, 0.5) is 0 Å². The summed E-state index contributed by atoms with van der Waals surface area (Å²) in [5.74, 6) is -1.41. The zero-order valence-corrected chi connectivity index (χ0v) is 14.8. The van der Waals surface area contributed by atoms with Crippen LogP contribution in [0.15, 0.2) is 46.9 Å². The summed E-state index contributed by atoms with van der Waals surface area (Å²) in [6, 6.07) is 13.3. The number of carbonyl (C=O) groups is 1. The number of rotatable bonds is 4. The first-order chi connectivity index (χ1) is 11.0. The first-order valence-corrected chi connectivity index (χ1v) is 8.48. The van der Waals surface area contributed by atoms with Gasteiger partial charge in [0.15, 0.2) is 0 Å². The minimum Gasteiger partial charge on any atom is -0.481 e. The molecule has 0 saturated carbocycles. The van der Waals surface area contributed by atoms with Crippen LogP contribution in [0.2, 0.25) is 5.02 Å². The van der Waals surface area contributed by atoms with Crippen LogP contribution in [0.5, 0.6) is 0 Å². The zero-order chi connectivity index (χ0) is 16.6. The molecule has 0 saturated heterocycles. The molecule has 2 N–H and O–H groups in total. The quantitative estimate of drug-likeness (QED) is 0.587. The molecule has 3 nitrogen and oxygen atoms in total. The molecule has 0 aliphatic heterocycles. The lowest BCUT2D eigenvalue weighted by Crippen LogP contribution is -2.11. The number of fused-ring (bicyclic) bond motifs is 1. The lowest BCUT2D eigenvalue weighted by molar-refractivity contribution is -0.138. The largest absolute Gasteiger partial charge is 0.481 e. The first-order valence-electron chi connectivity index (χ1n) is 7.31. The van der Waals surface area contributed by atoms with Gasteiger partial charge in [0.1, 0.15) is 0 Å². The Hall–Kier alpha value is -1.78. The smallest absolute Gasteiger partial charge is 0.311 e. The van der Waals surface area contributed by atoms with E-state index in [0.29, 0.717) is 11.4 Å². The van der Waals surface area contributed by atoms with Crippen molar-refractivity contribution in [1.82, 2.24) is 4.98 Å². The fraction of sp³-hybridized carbons (Fsp3) is 0.167. The normalized spacial score (nSPS) is 12.5. The molecule has 0 amide bonds. The van der Waals surface area contributed by atoms with Crippen molar-refractivity contribution >= 4 is 44.4 Å². The molecular weight excluding hydrogens is 378 g/mol. The molecule has 1 unspecified atom stereocenters. The molecule has 3 aromatic rings. The van der Waals surface area contributed by atoms with Gasteiger partial charge in [-0.1, -0.05) is 46.6 Å². The monoisotopic (exact) mass is 391 g/mol. The minimum atomic E-state index is -0.827. The third-order valence-corrected chi connectivity index (χ3v) is 4.75. The van der Waals surface area contributed by atoms with Gasteiger partial charge < -0.3 is 10.1 Å². The number of hydrogen-bond donors (Lipinski definition) is 2. The summed E-state index contributed by atoms with van der Waals surface area (Å²) in [5.41, 5.74) is 3.47. The summed E-state index contributed by atoms with van der Waals surface area (Å²) < 4.78 is 0.979. The molecule has 0 fully saturated rings. The van der Waals surface area contributed by atoms with Crippen molar-refractivity contribution in [2.75, 3.05) is 0 Å². The Balaban J connectivity index is 2.31. The van der Waals surface area contributed by atoms with Gasteiger partial charge in [0.2, 0.25) is 0 Å². The van der Waals surface area contributed by atoms with Crippen LogP contribution in [0.3, 0.4) is 0 Å². The average molecular weight is 393 g/mol. The highest BCUT2D eigenvalue weighted by Gasteiger charge is 2.26. The van der Waals surface area contributed by atoms with E-state index in [4.69, 9.17) is 11.6 Å². The van der Waals surface area contributed by atoms with Crippen LogP contribution in [-0.2, 0) is 4.79 Å². The Kier molecular flexibility index (Phi) is 4.46. The summed E-state index contributed by atoms with van der Waals surface area (Å²) in [7, 11) is 0. The Morgan fingerprint density at radius 3 is 2.57 bits per heavy atom. The molecule has 1 heterocycles. The predicted octanol–water partition coefficient (Wildman–Crippen LogP) is 5.83. The molecule has 1 atom stereocenters. The van der Waals surface area contributed by atoms with E-state index in [9.17, 15) is 9.90 Å². The zero-order valence-electron chi connectivity index (χ0n) is 12.4. The van der Waals surface area contributed by atoms with E-state index in [0.717, 1.165) is 32.2 Å². The fourth-order valence-corrected chi connectivity index (χ4v) is 3.33. The van der Waals surface area contributed by atoms with Crippen molar-refractivity contribution < 1.29 is 9.90 Å². The highest BCUT2D eigenvalue weighted by Crippen LogP contribution is 2.38. The molecule has 0 radical (unpaired) electrons.